The second kappa shape index (κ2) is 13.9. The molecule has 0 saturated carbocycles. The van der Waals surface area contributed by atoms with Crippen LogP contribution in [-0.4, -0.2) is 47.1 Å². The Morgan fingerprint density at radius 1 is 1.05 bits per heavy atom. The van der Waals surface area contributed by atoms with Gasteiger partial charge < -0.3 is 30.0 Å². The van der Waals surface area contributed by atoms with Crippen molar-refractivity contribution in [2.45, 2.75) is 42.8 Å². The molecule has 0 aliphatic carbocycles. The Morgan fingerprint density at radius 2 is 1.80 bits per heavy atom. The molecule has 0 spiro atoms. The van der Waals surface area contributed by atoms with Gasteiger partial charge in [0.1, 0.15) is 6.54 Å². The van der Waals surface area contributed by atoms with Crippen molar-refractivity contribution in [2.75, 3.05) is 24.2 Å². The number of aromatic nitrogens is 1. The SMILES string of the molecule is CCOC(=O)CNC(=O)Nc1ccc(C2OC(CSc3nc4ccccc4s3)CC(c3ccc(CO)cc3)O2)cc1. The van der Waals surface area contributed by atoms with E-state index in [4.69, 9.17) is 19.2 Å². The number of esters is 1. The monoisotopic (exact) mass is 593 g/mol. The largest absolute Gasteiger partial charge is 0.465 e. The van der Waals surface area contributed by atoms with E-state index in [9.17, 15) is 14.7 Å². The summed E-state index contributed by atoms with van der Waals surface area (Å²) in [6, 6.07) is 22.6. The van der Waals surface area contributed by atoms with Gasteiger partial charge in [-0.1, -0.05) is 60.3 Å². The number of carbonyl (C=O) groups excluding carboxylic acids is 2. The fourth-order valence-corrected chi connectivity index (χ4v) is 6.48. The first-order chi connectivity index (χ1) is 20.0. The Hall–Kier alpha value is -3.48. The number of rotatable bonds is 10. The number of thiazole rings is 1. The van der Waals surface area contributed by atoms with Gasteiger partial charge in [-0.15, -0.1) is 11.3 Å². The van der Waals surface area contributed by atoms with Gasteiger partial charge in [0.15, 0.2) is 10.6 Å². The minimum Gasteiger partial charge on any atom is -0.465 e. The van der Waals surface area contributed by atoms with Gasteiger partial charge in [-0.05, 0) is 42.3 Å². The van der Waals surface area contributed by atoms with Gasteiger partial charge in [0, 0.05) is 23.4 Å². The molecule has 5 rings (SSSR count). The Kier molecular flexibility index (Phi) is 9.86. The molecule has 0 bridgehead atoms. The zero-order valence-electron chi connectivity index (χ0n) is 22.4. The summed E-state index contributed by atoms with van der Waals surface area (Å²) in [5.41, 5.74) is 4.23. The van der Waals surface area contributed by atoms with Gasteiger partial charge in [-0.25, -0.2) is 9.78 Å². The average molecular weight is 594 g/mol. The van der Waals surface area contributed by atoms with Crippen molar-refractivity contribution in [3.8, 4) is 0 Å². The highest BCUT2D eigenvalue weighted by Crippen LogP contribution is 2.40. The number of nitrogens with zero attached hydrogens (tertiary/aromatic N) is 1. The standard InChI is InChI=1S/C30H31N3O6S2/c1-2-37-27(35)16-31-29(36)32-22-13-11-21(12-14-22)28-38-23(15-25(39-28)20-9-7-19(17-34)8-10-20)18-40-30-33-24-5-3-4-6-26(24)41-30/h3-14,23,25,28,34H,2,15-18H2,1H3,(H2,31,32,36). The predicted octanol–water partition coefficient (Wildman–Crippen LogP) is 5.81. The first-order valence-electron chi connectivity index (χ1n) is 13.3. The van der Waals surface area contributed by atoms with Crippen LogP contribution in [0.1, 0.15) is 42.4 Å². The Labute approximate surface area is 246 Å². The number of aliphatic hydroxyl groups is 1. The van der Waals surface area contributed by atoms with E-state index in [1.807, 2.05) is 54.6 Å². The molecular weight excluding hydrogens is 562 g/mol. The van der Waals surface area contributed by atoms with E-state index in [-0.39, 0.29) is 32.0 Å². The number of ether oxygens (including phenoxy) is 3. The molecule has 1 aliphatic heterocycles. The number of nitrogens with one attached hydrogen (secondary N) is 2. The highest BCUT2D eigenvalue weighted by atomic mass is 32.2. The number of aliphatic hydroxyl groups excluding tert-OH is 1. The average Bonchev–Trinajstić information content (AvgIpc) is 3.43. The van der Waals surface area contributed by atoms with Gasteiger partial charge in [0.05, 0.1) is 35.6 Å². The van der Waals surface area contributed by atoms with Crippen LogP contribution in [0, 0.1) is 0 Å². The van der Waals surface area contributed by atoms with E-state index in [0.717, 1.165) is 31.2 Å². The number of hydrogen-bond acceptors (Lipinski definition) is 9. The van der Waals surface area contributed by atoms with Crippen LogP contribution in [0.5, 0.6) is 0 Å². The number of benzene rings is 3. The van der Waals surface area contributed by atoms with Crippen molar-refractivity contribution < 1.29 is 28.9 Å². The molecule has 9 nitrogen and oxygen atoms in total. The zero-order valence-corrected chi connectivity index (χ0v) is 24.1. The second-order valence-corrected chi connectivity index (χ2v) is 11.6. The second-order valence-electron chi connectivity index (χ2n) is 9.34. The third kappa shape index (κ3) is 7.84. The molecule has 41 heavy (non-hydrogen) atoms. The lowest BCUT2D eigenvalue weighted by atomic mass is 10.0. The first-order valence-corrected chi connectivity index (χ1v) is 15.1. The normalized spacial score (nSPS) is 18.6. The smallest absolute Gasteiger partial charge is 0.325 e. The van der Waals surface area contributed by atoms with E-state index in [1.54, 1.807) is 42.2 Å². The number of para-hydroxylation sites is 1. The Balaban J connectivity index is 1.26. The lowest BCUT2D eigenvalue weighted by molar-refractivity contribution is -0.245. The van der Waals surface area contributed by atoms with E-state index in [1.165, 1.54) is 0 Å². The van der Waals surface area contributed by atoms with Crippen LogP contribution in [0.4, 0.5) is 10.5 Å². The lowest BCUT2D eigenvalue weighted by Gasteiger charge is -2.36. The molecule has 1 aliphatic rings. The minimum atomic E-state index is -0.612. The molecule has 3 atom stereocenters. The van der Waals surface area contributed by atoms with E-state index in [2.05, 4.69) is 16.7 Å². The van der Waals surface area contributed by atoms with Gasteiger partial charge in [-0.2, -0.15) is 0 Å². The van der Waals surface area contributed by atoms with Crippen molar-refractivity contribution in [1.29, 1.82) is 0 Å². The van der Waals surface area contributed by atoms with Crippen molar-refractivity contribution >= 4 is 51.0 Å². The molecule has 3 N–H and O–H groups in total. The first kappa shape index (κ1) is 29.0. The fourth-order valence-electron chi connectivity index (χ4n) is 4.36. The summed E-state index contributed by atoms with van der Waals surface area (Å²) in [7, 11) is 0. The molecular formula is C30H31N3O6S2. The zero-order chi connectivity index (χ0) is 28.6. The summed E-state index contributed by atoms with van der Waals surface area (Å²) >= 11 is 3.35. The molecule has 3 aromatic carbocycles. The summed E-state index contributed by atoms with van der Waals surface area (Å²) in [4.78, 5) is 28.3. The van der Waals surface area contributed by atoms with E-state index < -0.39 is 18.3 Å². The van der Waals surface area contributed by atoms with Crippen molar-refractivity contribution in [3.05, 3.63) is 89.5 Å². The van der Waals surface area contributed by atoms with Crippen LogP contribution < -0.4 is 10.6 Å². The highest BCUT2D eigenvalue weighted by Gasteiger charge is 2.32. The van der Waals surface area contributed by atoms with E-state index in [0.29, 0.717) is 17.9 Å². The summed E-state index contributed by atoms with van der Waals surface area (Å²) in [5, 5.41) is 14.6. The molecule has 214 valence electrons. The number of urea groups is 1. The minimum absolute atomic E-state index is 0.0137. The summed E-state index contributed by atoms with van der Waals surface area (Å²) < 4.78 is 19.8. The van der Waals surface area contributed by atoms with Gasteiger partial charge >= 0.3 is 12.0 Å². The number of amides is 2. The van der Waals surface area contributed by atoms with Gasteiger partial charge in [0.2, 0.25) is 0 Å². The Morgan fingerprint density at radius 3 is 2.54 bits per heavy atom. The van der Waals surface area contributed by atoms with Gasteiger partial charge in [-0.3, -0.25) is 4.79 Å². The number of carbonyl (C=O) groups is 2. The quantitative estimate of drug-likeness (QED) is 0.156. The van der Waals surface area contributed by atoms with Crippen LogP contribution >= 0.6 is 23.1 Å². The third-order valence-corrected chi connectivity index (χ3v) is 8.73. The fraction of sp³-hybridized carbons (Fsp3) is 0.300. The molecule has 2 amide bonds. The molecule has 1 aromatic heterocycles. The maximum atomic E-state index is 12.1. The predicted molar refractivity (Wildman–Crippen MR) is 159 cm³/mol. The maximum absolute atomic E-state index is 12.1. The van der Waals surface area contributed by atoms with Crippen LogP contribution in [0.15, 0.2) is 77.1 Å². The summed E-state index contributed by atoms with van der Waals surface area (Å²) in [5.74, 6) is 0.214. The molecule has 1 fully saturated rings. The van der Waals surface area contributed by atoms with Crippen LogP contribution in [-0.2, 0) is 25.6 Å². The summed E-state index contributed by atoms with van der Waals surface area (Å²) in [6.45, 7) is 1.74. The number of anilines is 1. The third-order valence-electron chi connectivity index (χ3n) is 6.42. The molecule has 11 heteroatoms. The molecule has 3 unspecified atom stereocenters. The topological polar surface area (TPSA) is 119 Å². The van der Waals surface area contributed by atoms with Crippen LogP contribution in [0.3, 0.4) is 0 Å². The van der Waals surface area contributed by atoms with Gasteiger partial charge in [0.25, 0.3) is 0 Å². The molecule has 0 radical (unpaired) electrons. The number of hydrogen-bond donors (Lipinski definition) is 3. The van der Waals surface area contributed by atoms with Crippen LogP contribution in [0.25, 0.3) is 10.2 Å². The number of fused-ring (bicyclic) bond motifs is 1. The Bertz CT molecular complexity index is 1430. The van der Waals surface area contributed by atoms with Crippen molar-refractivity contribution in [1.82, 2.24) is 10.3 Å². The van der Waals surface area contributed by atoms with Crippen molar-refractivity contribution in [2.24, 2.45) is 0 Å². The molecule has 1 saturated heterocycles. The lowest BCUT2D eigenvalue weighted by Crippen LogP contribution is -2.34. The van der Waals surface area contributed by atoms with Crippen molar-refractivity contribution in [3.63, 3.8) is 0 Å². The van der Waals surface area contributed by atoms with Crippen LogP contribution in [0.2, 0.25) is 0 Å². The summed E-state index contributed by atoms with van der Waals surface area (Å²) in [6.07, 6.45) is -0.236. The maximum Gasteiger partial charge on any atom is 0.325 e. The number of thioether (sulfide) groups is 1. The molecule has 2 heterocycles. The highest BCUT2D eigenvalue weighted by molar-refractivity contribution is 8.01. The molecule has 4 aromatic rings. The van der Waals surface area contributed by atoms with E-state index >= 15 is 0 Å².